The first kappa shape index (κ1) is 9.86. The lowest BCUT2D eigenvalue weighted by Crippen LogP contribution is -1.82. The summed E-state index contributed by atoms with van der Waals surface area (Å²) in [6.45, 7) is 0. The Morgan fingerprint density at radius 1 is 1.29 bits per heavy atom. The molecule has 1 aromatic carbocycles. The fourth-order valence-corrected chi connectivity index (χ4v) is 2.75. The van der Waals surface area contributed by atoms with Gasteiger partial charge in [-0.25, -0.2) is 13.2 Å². The zero-order valence-electron chi connectivity index (χ0n) is 6.80. The van der Waals surface area contributed by atoms with Crippen molar-refractivity contribution in [3.8, 4) is 0 Å². The van der Waals surface area contributed by atoms with Crippen molar-refractivity contribution in [2.45, 2.75) is 10.6 Å². The van der Waals surface area contributed by atoms with Gasteiger partial charge in [-0.05, 0) is 6.07 Å². The van der Waals surface area contributed by atoms with Crippen LogP contribution in [0, 0.1) is 5.82 Å². The molecule has 0 saturated heterocycles. The van der Waals surface area contributed by atoms with Crippen LogP contribution < -0.4 is 0 Å². The van der Waals surface area contributed by atoms with Crippen molar-refractivity contribution >= 4 is 34.1 Å². The maximum absolute atomic E-state index is 13.2. The fourth-order valence-electron chi connectivity index (χ4n) is 1.30. The molecule has 0 amide bonds. The average molecular weight is 234 g/mol. The van der Waals surface area contributed by atoms with Crippen LogP contribution in [-0.4, -0.2) is 0 Å². The molecule has 0 unspecified atom stereocenters. The third kappa shape index (κ3) is 1.40. The van der Waals surface area contributed by atoms with E-state index in [1.165, 1.54) is 18.2 Å². The molecule has 0 radical (unpaired) electrons. The summed E-state index contributed by atoms with van der Waals surface area (Å²) in [7, 11) is 0. The summed E-state index contributed by atoms with van der Waals surface area (Å²) in [6.07, 6.45) is -2.61. The molecule has 1 aromatic heterocycles. The van der Waals surface area contributed by atoms with Crippen LogP contribution in [-0.2, 0) is 0 Å². The van der Waals surface area contributed by atoms with Gasteiger partial charge in [0, 0.05) is 10.9 Å². The molecule has 0 N–H and O–H groups in total. The fraction of sp³-hybridized carbons (Fsp3) is 0.111. The highest BCUT2D eigenvalue weighted by Gasteiger charge is 2.19. The highest BCUT2D eigenvalue weighted by molar-refractivity contribution is 7.83. The number of hydrogen-bond acceptors (Lipinski definition) is 2. The largest absolute Gasteiger partial charge is 0.266 e. The smallest absolute Gasteiger partial charge is 0.205 e. The minimum absolute atomic E-state index is 0.173. The van der Waals surface area contributed by atoms with Crippen molar-refractivity contribution in [2.24, 2.45) is 0 Å². The molecule has 0 fully saturated rings. The first-order valence-electron chi connectivity index (χ1n) is 3.79. The Bertz CT molecular complexity index is 476. The van der Waals surface area contributed by atoms with Crippen molar-refractivity contribution in [2.75, 3.05) is 0 Å². The summed E-state index contributed by atoms with van der Waals surface area (Å²) in [6, 6.07) is 4.15. The van der Waals surface area contributed by atoms with E-state index >= 15 is 0 Å². The maximum Gasteiger partial charge on any atom is 0.266 e. The van der Waals surface area contributed by atoms with Gasteiger partial charge in [0.05, 0.1) is 8.91 Å². The van der Waals surface area contributed by atoms with Crippen molar-refractivity contribution in [3.63, 3.8) is 0 Å². The van der Waals surface area contributed by atoms with Crippen molar-refractivity contribution in [1.82, 2.24) is 0 Å². The Labute approximate surface area is 87.8 Å². The molecule has 1 heterocycles. The lowest BCUT2D eigenvalue weighted by atomic mass is 10.2. The molecule has 2 aromatic rings. The number of thiophene rings is 1. The van der Waals surface area contributed by atoms with Crippen LogP contribution in [0.2, 0.25) is 0 Å². The number of fused-ring (bicyclic) bond motifs is 1. The second-order valence-electron chi connectivity index (χ2n) is 2.74. The molecular formula is C9H5F3S2. The average Bonchev–Trinajstić information content (AvgIpc) is 2.42. The molecule has 0 aliphatic heterocycles. The molecule has 0 aliphatic carbocycles. The monoisotopic (exact) mass is 234 g/mol. The summed E-state index contributed by atoms with van der Waals surface area (Å²) >= 11 is 4.86. The van der Waals surface area contributed by atoms with Gasteiger partial charge >= 0.3 is 0 Å². The maximum atomic E-state index is 13.2. The second-order valence-corrected chi connectivity index (χ2v) is 4.51. The van der Waals surface area contributed by atoms with Gasteiger partial charge in [-0.2, -0.15) is 0 Å². The van der Waals surface area contributed by atoms with Crippen LogP contribution in [0.25, 0.3) is 10.1 Å². The molecule has 74 valence electrons. The first-order chi connectivity index (χ1) is 6.61. The quantitative estimate of drug-likeness (QED) is 0.700. The molecule has 0 aliphatic rings. The Morgan fingerprint density at radius 3 is 2.64 bits per heavy atom. The van der Waals surface area contributed by atoms with Gasteiger partial charge in [0.25, 0.3) is 6.43 Å². The van der Waals surface area contributed by atoms with E-state index in [9.17, 15) is 13.2 Å². The summed E-state index contributed by atoms with van der Waals surface area (Å²) in [5.74, 6) is -0.477. The van der Waals surface area contributed by atoms with Gasteiger partial charge < -0.3 is 0 Å². The van der Waals surface area contributed by atoms with Gasteiger partial charge in [-0.3, -0.25) is 0 Å². The van der Waals surface area contributed by atoms with Crippen molar-refractivity contribution in [3.05, 3.63) is 29.6 Å². The molecular weight excluding hydrogens is 229 g/mol. The third-order valence-electron chi connectivity index (χ3n) is 1.90. The number of halogens is 3. The van der Waals surface area contributed by atoms with Crippen LogP contribution in [0.1, 0.15) is 12.0 Å². The number of alkyl halides is 2. The van der Waals surface area contributed by atoms with Crippen LogP contribution in [0.15, 0.2) is 22.4 Å². The molecule has 0 spiro atoms. The standard InChI is InChI=1S/C9H5F3S2/c10-5-3-1-2-4-6(8(11)12)9(13)14-7(4)5/h1-3,8,13H. The summed E-state index contributed by atoms with van der Waals surface area (Å²) in [5, 5.41) is 0.259. The number of hydrogen-bond donors (Lipinski definition) is 1. The lowest BCUT2D eigenvalue weighted by molar-refractivity contribution is 0.151. The van der Waals surface area contributed by atoms with E-state index in [0.717, 1.165) is 11.3 Å². The minimum atomic E-state index is -2.61. The van der Waals surface area contributed by atoms with Crippen LogP contribution in [0.4, 0.5) is 13.2 Å². The van der Waals surface area contributed by atoms with Crippen LogP contribution in [0.5, 0.6) is 0 Å². The Hall–Kier alpha value is -0.680. The van der Waals surface area contributed by atoms with E-state index < -0.39 is 12.2 Å². The molecule has 2 rings (SSSR count). The van der Waals surface area contributed by atoms with Crippen molar-refractivity contribution < 1.29 is 13.2 Å². The van der Waals surface area contributed by atoms with Gasteiger partial charge in [0.1, 0.15) is 5.82 Å². The van der Waals surface area contributed by atoms with E-state index in [2.05, 4.69) is 12.6 Å². The molecule has 0 bridgehead atoms. The Morgan fingerprint density at radius 2 is 2.00 bits per heavy atom. The van der Waals surface area contributed by atoms with E-state index in [-0.39, 0.29) is 19.9 Å². The Kier molecular flexibility index (Phi) is 2.45. The van der Waals surface area contributed by atoms with E-state index in [0.29, 0.717) is 0 Å². The van der Waals surface area contributed by atoms with Crippen LogP contribution in [0.3, 0.4) is 0 Å². The summed E-state index contributed by atoms with van der Waals surface area (Å²) < 4.78 is 38.7. The number of rotatable bonds is 1. The van der Waals surface area contributed by atoms with E-state index in [1.807, 2.05) is 0 Å². The summed E-state index contributed by atoms with van der Waals surface area (Å²) in [4.78, 5) is 0. The zero-order valence-corrected chi connectivity index (χ0v) is 8.51. The van der Waals surface area contributed by atoms with Gasteiger partial charge in [0.15, 0.2) is 0 Å². The zero-order chi connectivity index (χ0) is 10.3. The van der Waals surface area contributed by atoms with Crippen molar-refractivity contribution in [1.29, 1.82) is 0 Å². The number of thiol groups is 1. The van der Waals surface area contributed by atoms with E-state index in [4.69, 9.17) is 0 Å². The molecule has 0 saturated carbocycles. The van der Waals surface area contributed by atoms with E-state index in [1.54, 1.807) is 0 Å². The molecule has 14 heavy (non-hydrogen) atoms. The molecule has 0 atom stereocenters. The van der Waals surface area contributed by atoms with Gasteiger partial charge in [-0.1, -0.05) is 12.1 Å². The predicted molar refractivity (Wildman–Crippen MR) is 54.0 cm³/mol. The minimum Gasteiger partial charge on any atom is -0.205 e. The highest BCUT2D eigenvalue weighted by Crippen LogP contribution is 2.40. The normalized spacial score (nSPS) is 11.5. The second kappa shape index (κ2) is 3.47. The third-order valence-corrected chi connectivity index (χ3v) is 3.45. The lowest BCUT2D eigenvalue weighted by Gasteiger charge is -1.97. The number of benzene rings is 1. The summed E-state index contributed by atoms with van der Waals surface area (Å²) in [5.41, 5.74) is -0.173. The first-order valence-corrected chi connectivity index (χ1v) is 5.05. The SMILES string of the molecule is Fc1cccc2c(C(F)F)c(S)sc12. The Balaban J connectivity index is 2.83. The topological polar surface area (TPSA) is 0 Å². The molecule has 5 heteroatoms. The molecule has 0 nitrogen and oxygen atoms in total. The van der Waals surface area contributed by atoms with Crippen LogP contribution >= 0.6 is 24.0 Å². The van der Waals surface area contributed by atoms with Gasteiger partial charge in [-0.15, -0.1) is 24.0 Å². The predicted octanol–water partition coefficient (Wildman–Crippen LogP) is 4.27. The highest BCUT2D eigenvalue weighted by atomic mass is 32.2. The van der Waals surface area contributed by atoms with Gasteiger partial charge in [0.2, 0.25) is 0 Å².